The summed E-state index contributed by atoms with van der Waals surface area (Å²) in [5.41, 5.74) is 0. The van der Waals surface area contributed by atoms with E-state index in [0.29, 0.717) is 19.3 Å². The van der Waals surface area contributed by atoms with Gasteiger partial charge in [0.15, 0.2) is 0 Å². The van der Waals surface area contributed by atoms with Crippen molar-refractivity contribution in [1.82, 2.24) is 0 Å². The van der Waals surface area contributed by atoms with Crippen LogP contribution in [0.1, 0.15) is 51.9 Å². The number of carboxylic acids is 1. The second kappa shape index (κ2) is 17.4. The molecule has 1 atom stereocenters. The Labute approximate surface area is 145 Å². The van der Waals surface area contributed by atoms with Crippen LogP contribution in [-0.2, 0) is 9.68 Å². The molecule has 0 amide bonds. The van der Waals surface area contributed by atoms with E-state index in [2.05, 4.69) is 36.1 Å². The van der Waals surface area contributed by atoms with Gasteiger partial charge in [-0.25, -0.2) is 4.89 Å². The van der Waals surface area contributed by atoms with E-state index in [1.54, 1.807) is 6.08 Å². The lowest BCUT2D eigenvalue weighted by atomic mass is 10.2. The van der Waals surface area contributed by atoms with Crippen molar-refractivity contribution in [2.24, 2.45) is 0 Å². The van der Waals surface area contributed by atoms with Crippen LogP contribution in [0.4, 0.5) is 0 Å². The van der Waals surface area contributed by atoms with Crippen LogP contribution in [0, 0.1) is 0 Å². The molecule has 0 aliphatic rings. The molecular formula is C20H30O4. The van der Waals surface area contributed by atoms with Crippen LogP contribution >= 0.6 is 0 Å². The quantitative estimate of drug-likeness (QED) is 0.145. The molecular weight excluding hydrogens is 304 g/mol. The highest BCUT2D eigenvalue weighted by Gasteiger charge is 2.00. The molecule has 4 heteroatoms. The Hall–Kier alpha value is -1.91. The lowest BCUT2D eigenvalue weighted by Crippen LogP contribution is -2.04. The van der Waals surface area contributed by atoms with Gasteiger partial charge in [-0.05, 0) is 38.5 Å². The zero-order valence-corrected chi connectivity index (χ0v) is 14.5. The minimum Gasteiger partial charge on any atom is -0.481 e. The van der Waals surface area contributed by atoms with Gasteiger partial charge in [0.25, 0.3) is 0 Å². The third kappa shape index (κ3) is 16.5. The minimum absolute atomic E-state index is 0.179. The molecule has 0 bridgehead atoms. The largest absolute Gasteiger partial charge is 0.481 e. The van der Waals surface area contributed by atoms with Gasteiger partial charge >= 0.3 is 5.97 Å². The molecule has 1 unspecified atom stereocenters. The second-order valence-corrected chi connectivity index (χ2v) is 5.27. The Balaban J connectivity index is 3.86. The van der Waals surface area contributed by atoms with Gasteiger partial charge < -0.3 is 5.11 Å². The van der Waals surface area contributed by atoms with E-state index in [1.807, 2.05) is 30.4 Å². The van der Waals surface area contributed by atoms with Crippen molar-refractivity contribution in [1.29, 1.82) is 0 Å². The number of unbranched alkanes of at least 4 members (excludes halogenated alkanes) is 1. The van der Waals surface area contributed by atoms with E-state index < -0.39 is 5.97 Å². The van der Waals surface area contributed by atoms with E-state index in [4.69, 9.17) is 10.4 Å². The molecule has 0 aliphatic heterocycles. The first kappa shape index (κ1) is 22.1. The van der Waals surface area contributed by atoms with Gasteiger partial charge in [0.2, 0.25) is 0 Å². The van der Waals surface area contributed by atoms with Crippen LogP contribution in [0.3, 0.4) is 0 Å². The van der Waals surface area contributed by atoms with Gasteiger partial charge in [0.05, 0.1) is 0 Å². The van der Waals surface area contributed by atoms with Crippen molar-refractivity contribution in [2.45, 2.75) is 58.0 Å². The Kier molecular flexibility index (Phi) is 16.1. The molecule has 24 heavy (non-hydrogen) atoms. The van der Waals surface area contributed by atoms with Crippen molar-refractivity contribution >= 4 is 5.97 Å². The van der Waals surface area contributed by atoms with E-state index in [9.17, 15) is 4.79 Å². The third-order valence-corrected chi connectivity index (χ3v) is 3.12. The van der Waals surface area contributed by atoms with Crippen LogP contribution < -0.4 is 0 Å². The summed E-state index contributed by atoms with van der Waals surface area (Å²) in [4.78, 5) is 14.7. The molecule has 0 aliphatic carbocycles. The molecule has 0 aromatic heterocycles. The first-order chi connectivity index (χ1) is 11.7. The SMILES string of the molecule is CCC=CCC=CCC=CC=CC(CC=CCCCC(=O)O)OO. The lowest BCUT2D eigenvalue weighted by Gasteiger charge is -2.04. The van der Waals surface area contributed by atoms with E-state index in [1.165, 1.54) is 0 Å². The highest BCUT2D eigenvalue weighted by molar-refractivity contribution is 5.66. The molecule has 0 spiro atoms. The van der Waals surface area contributed by atoms with Gasteiger partial charge in [-0.1, -0.05) is 67.7 Å². The smallest absolute Gasteiger partial charge is 0.303 e. The average molecular weight is 334 g/mol. The Morgan fingerprint density at radius 3 is 2.38 bits per heavy atom. The van der Waals surface area contributed by atoms with E-state index >= 15 is 0 Å². The summed E-state index contributed by atoms with van der Waals surface area (Å²) < 4.78 is 0. The summed E-state index contributed by atoms with van der Waals surface area (Å²) in [5.74, 6) is -0.776. The number of hydrogen-bond donors (Lipinski definition) is 2. The second-order valence-electron chi connectivity index (χ2n) is 5.27. The van der Waals surface area contributed by atoms with Crippen LogP contribution in [0.5, 0.6) is 0 Å². The van der Waals surface area contributed by atoms with Crippen LogP contribution in [-0.4, -0.2) is 22.4 Å². The summed E-state index contributed by atoms with van der Waals surface area (Å²) in [7, 11) is 0. The maximum Gasteiger partial charge on any atom is 0.303 e. The maximum absolute atomic E-state index is 10.4. The van der Waals surface area contributed by atoms with Crippen molar-refractivity contribution < 1.29 is 20.0 Å². The van der Waals surface area contributed by atoms with Crippen molar-refractivity contribution in [3.05, 3.63) is 60.8 Å². The number of carboxylic acid groups (broad SMARTS) is 1. The predicted molar refractivity (Wildman–Crippen MR) is 98.8 cm³/mol. The van der Waals surface area contributed by atoms with E-state index in [-0.39, 0.29) is 12.5 Å². The fourth-order valence-electron chi connectivity index (χ4n) is 1.83. The zero-order valence-electron chi connectivity index (χ0n) is 14.5. The van der Waals surface area contributed by atoms with Gasteiger partial charge in [-0.3, -0.25) is 10.1 Å². The van der Waals surface area contributed by atoms with E-state index in [0.717, 1.165) is 19.3 Å². The normalized spacial score (nSPS) is 14.1. The predicted octanol–water partition coefficient (Wildman–Crippen LogP) is 5.46. The highest BCUT2D eigenvalue weighted by atomic mass is 17.1. The fourth-order valence-corrected chi connectivity index (χ4v) is 1.83. The standard InChI is InChI=1S/C20H30O4/c1-2-3-4-5-6-7-8-9-10-13-16-19(24-23)17-14-11-12-15-18-20(21)22/h3-4,6-7,9-11,13-14,16,19,23H,2,5,8,12,15,17-18H2,1H3,(H,21,22). The molecule has 0 rings (SSSR count). The van der Waals surface area contributed by atoms with Gasteiger partial charge in [-0.15, -0.1) is 0 Å². The number of rotatable bonds is 14. The van der Waals surface area contributed by atoms with Crippen molar-refractivity contribution in [3.8, 4) is 0 Å². The molecule has 4 nitrogen and oxygen atoms in total. The molecule has 2 N–H and O–H groups in total. The monoisotopic (exact) mass is 334 g/mol. The number of hydrogen-bond acceptors (Lipinski definition) is 3. The molecule has 0 aromatic carbocycles. The Bertz CT molecular complexity index is 445. The third-order valence-electron chi connectivity index (χ3n) is 3.12. The molecule has 0 aromatic rings. The number of carbonyl (C=O) groups is 1. The Morgan fingerprint density at radius 1 is 1.00 bits per heavy atom. The maximum atomic E-state index is 10.4. The summed E-state index contributed by atoms with van der Waals surface area (Å²) in [6, 6.07) is 0. The topological polar surface area (TPSA) is 66.8 Å². The number of aliphatic carboxylic acids is 1. The zero-order chi connectivity index (χ0) is 17.9. The van der Waals surface area contributed by atoms with Crippen LogP contribution in [0.25, 0.3) is 0 Å². The number of allylic oxidation sites excluding steroid dienone is 8. The van der Waals surface area contributed by atoms with Crippen molar-refractivity contribution in [2.75, 3.05) is 0 Å². The first-order valence-electron chi connectivity index (χ1n) is 8.51. The van der Waals surface area contributed by atoms with Gasteiger partial charge in [0, 0.05) is 6.42 Å². The molecule has 0 saturated carbocycles. The summed E-state index contributed by atoms with van der Waals surface area (Å²) in [6.07, 6.45) is 24.5. The summed E-state index contributed by atoms with van der Waals surface area (Å²) in [5, 5.41) is 17.4. The Morgan fingerprint density at radius 2 is 1.71 bits per heavy atom. The molecule has 134 valence electrons. The molecule has 0 saturated heterocycles. The fraction of sp³-hybridized carbons (Fsp3) is 0.450. The summed E-state index contributed by atoms with van der Waals surface area (Å²) >= 11 is 0. The first-order valence-corrected chi connectivity index (χ1v) is 8.51. The minimum atomic E-state index is -0.776. The van der Waals surface area contributed by atoms with Crippen LogP contribution in [0.15, 0.2) is 60.8 Å². The molecule has 0 fully saturated rings. The lowest BCUT2D eigenvalue weighted by molar-refractivity contribution is -0.264. The average Bonchev–Trinajstić information content (AvgIpc) is 2.57. The molecule has 0 radical (unpaired) electrons. The van der Waals surface area contributed by atoms with Crippen molar-refractivity contribution in [3.63, 3.8) is 0 Å². The van der Waals surface area contributed by atoms with Crippen LogP contribution in [0.2, 0.25) is 0 Å². The van der Waals surface area contributed by atoms with Gasteiger partial charge in [0.1, 0.15) is 6.10 Å². The molecule has 0 heterocycles. The summed E-state index contributed by atoms with van der Waals surface area (Å²) in [6.45, 7) is 2.12. The highest BCUT2D eigenvalue weighted by Crippen LogP contribution is 2.03. The van der Waals surface area contributed by atoms with Gasteiger partial charge in [-0.2, -0.15) is 0 Å².